The quantitative estimate of drug-likeness (QED) is 0.862. The summed E-state index contributed by atoms with van der Waals surface area (Å²) in [5.74, 6) is 0.930. The fourth-order valence-electron chi connectivity index (χ4n) is 1.90. The molecule has 1 unspecified atom stereocenters. The molecule has 0 aliphatic carbocycles. The first-order valence-corrected chi connectivity index (χ1v) is 5.94. The monoisotopic (exact) mass is 255 g/mol. The lowest BCUT2D eigenvalue weighted by Gasteiger charge is -2.26. The van der Waals surface area contributed by atoms with Crippen LogP contribution < -0.4 is 15.2 Å². The summed E-state index contributed by atoms with van der Waals surface area (Å²) in [6.07, 6.45) is -0.886. The average Bonchev–Trinajstić information content (AvgIpc) is 2.35. The van der Waals surface area contributed by atoms with Crippen molar-refractivity contribution in [2.24, 2.45) is 5.73 Å². The van der Waals surface area contributed by atoms with Crippen LogP contribution in [0.1, 0.15) is 31.1 Å². The third-order valence-corrected chi connectivity index (χ3v) is 2.94. The van der Waals surface area contributed by atoms with Gasteiger partial charge < -0.3 is 20.3 Å². The number of aliphatic hydroxyl groups excluding tert-OH is 1. The molecule has 0 fully saturated rings. The zero-order valence-electron chi connectivity index (χ0n) is 10.6. The molecule has 1 aromatic carbocycles. The van der Waals surface area contributed by atoms with Gasteiger partial charge in [0.05, 0.1) is 6.10 Å². The SMILES string of the molecule is CC(C)(F)c1cc2c(c(C(O)CN)c1)OCCO2. The number of halogens is 1. The van der Waals surface area contributed by atoms with Gasteiger partial charge in [-0.3, -0.25) is 0 Å². The Hall–Kier alpha value is -1.33. The molecule has 0 saturated carbocycles. The summed E-state index contributed by atoms with van der Waals surface area (Å²) in [4.78, 5) is 0. The molecule has 0 amide bonds. The Labute approximate surface area is 106 Å². The lowest BCUT2D eigenvalue weighted by molar-refractivity contribution is 0.147. The van der Waals surface area contributed by atoms with E-state index in [4.69, 9.17) is 15.2 Å². The van der Waals surface area contributed by atoms with Gasteiger partial charge in [0.15, 0.2) is 11.5 Å². The molecule has 4 nitrogen and oxygen atoms in total. The Morgan fingerprint density at radius 1 is 1.39 bits per heavy atom. The third-order valence-electron chi connectivity index (χ3n) is 2.94. The Bertz CT molecular complexity index is 443. The highest BCUT2D eigenvalue weighted by Crippen LogP contribution is 2.41. The summed E-state index contributed by atoms with van der Waals surface area (Å²) in [6, 6.07) is 3.20. The fourth-order valence-corrected chi connectivity index (χ4v) is 1.90. The molecule has 5 heteroatoms. The summed E-state index contributed by atoms with van der Waals surface area (Å²) < 4.78 is 25.0. The van der Waals surface area contributed by atoms with Crippen molar-refractivity contribution < 1.29 is 19.0 Å². The lowest BCUT2D eigenvalue weighted by Crippen LogP contribution is -2.21. The Morgan fingerprint density at radius 3 is 2.67 bits per heavy atom. The number of fused-ring (bicyclic) bond motifs is 1. The molecule has 0 radical (unpaired) electrons. The number of alkyl halides is 1. The molecule has 0 spiro atoms. The van der Waals surface area contributed by atoms with Crippen LogP contribution in [0.25, 0.3) is 0 Å². The first-order chi connectivity index (χ1) is 8.43. The molecule has 3 N–H and O–H groups in total. The molecule has 2 rings (SSSR count). The highest BCUT2D eigenvalue weighted by atomic mass is 19.1. The Balaban J connectivity index is 2.55. The number of nitrogens with two attached hydrogens (primary N) is 1. The van der Waals surface area contributed by atoms with Crippen LogP contribution in [0.2, 0.25) is 0 Å². The van der Waals surface area contributed by atoms with E-state index in [2.05, 4.69) is 0 Å². The molecular formula is C13H18FNO3. The minimum Gasteiger partial charge on any atom is -0.486 e. The van der Waals surface area contributed by atoms with Gasteiger partial charge in [-0.2, -0.15) is 0 Å². The Morgan fingerprint density at radius 2 is 2.06 bits per heavy atom. The zero-order chi connectivity index (χ0) is 13.3. The molecule has 1 aromatic rings. The normalized spacial score (nSPS) is 16.5. The predicted octanol–water partition coefficient (Wildman–Crippen LogP) is 1.65. The van der Waals surface area contributed by atoms with Gasteiger partial charge in [0.25, 0.3) is 0 Å². The first-order valence-electron chi connectivity index (χ1n) is 5.94. The second kappa shape index (κ2) is 4.74. The van der Waals surface area contributed by atoms with Crippen LogP contribution in [0.3, 0.4) is 0 Å². The van der Waals surface area contributed by atoms with E-state index in [0.717, 1.165) is 0 Å². The average molecular weight is 255 g/mol. The second-order valence-electron chi connectivity index (χ2n) is 4.81. The van der Waals surface area contributed by atoms with Crippen LogP contribution in [0.4, 0.5) is 4.39 Å². The minimum absolute atomic E-state index is 0.0476. The van der Waals surface area contributed by atoms with Crippen molar-refractivity contribution in [3.8, 4) is 11.5 Å². The highest BCUT2D eigenvalue weighted by molar-refractivity contribution is 5.52. The van der Waals surface area contributed by atoms with Gasteiger partial charge in [-0.25, -0.2) is 4.39 Å². The molecule has 1 heterocycles. The largest absolute Gasteiger partial charge is 0.486 e. The molecule has 1 aliphatic rings. The summed E-state index contributed by atoms with van der Waals surface area (Å²) in [5, 5.41) is 9.89. The molecular weight excluding hydrogens is 237 g/mol. The van der Waals surface area contributed by atoms with Crippen molar-refractivity contribution in [1.29, 1.82) is 0 Å². The van der Waals surface area contributed by atoms with Crippen LogP contribution >= 0.6 is 0 Å². The number of hydrogen-bond acceptors (Lipinski definition) is 4. The third kappa shape index (κ3) is 2.42. The first kappa shape index (κ1) is 13.1. The highest BCUT2D eigenvalue weighted by Gasteiger charge is 2.27. The number of ether oxygens (including phenoxy) is 2. The van der Waals surface area contributed by atoms with E-state index in [0.29, 0.717) is 35.8 Å². The number of aliphatic hydroxyl groups is 1. The van der Waals surface area contributed by atoms with Crippen molar-refractivity contribution in [3.05, 3.63) is 23.3 Å². The van der Waals surface area contributed by atoms with Crippen molar-refractivity contribution in [3.63, 3.8) is 0 Å². The topological polar surface area (TPSA) is 64.7 Å². The van der Waals surface area contributed by atoms with E-state index in [1.54, 1.807) is 12.1 Å². The van der Waals surface area contributed by atoms with Gasteiger partial charge in [-0.15, -0.1) is 0 Å². The van der Waals surface area contributed by atoms with Gasteiger partial charge in [0.1, 0.15) is 18.9 Å². The lowest BCUT2D eigenvalue weighted by atomic mass is 9.95. The van der Waals surface area contributed by atoms with Crippen molar-refractivity contribution in [2.75, 3.05) is 19.8 Å². The molecule has 18 heavy (non-hydrogen) atoms. The molecule has 0 bridgehead atoms. The molecule has 0 saturated heterocycles. The summed E-state index contributed by atoms with van der Waals surface area (Å²) in [5.41, 5.74) is 4.86. The van der Waals surface area contributed by atoms with Gasteiger partial charge in [0, 0.05) is 12.1 Å². The van der Waals surface area contributed by atoms with E-state index in [1.807, 2.05) is 0 Å². The Kier molecular flexibility index (Phi) is 3.45. The van der Waals surface area contributed by atoms with Crippen molar-refractivity contribution in [2.45, 2.75) is 25.6 Å². The number of rotatable bonds is 3. The molecule has 1 atom stereocenters. The van der Waals surface area contributed by atoms with Crippen LogP contribution in [0.15, 0.2) is 12.1 Å². The fraction of sp³-hybridized carbons (Fsp3) is 0.538. The predicted molar refractivity (Wildman–Crippen MR) is 65.6 cm³/mol. The maximum Gasteiger partial charge on any atom is 0.167 e. The number of benzene rings is 1. The summed E-state index contributed by atoms with van der Waals surface area (Å²) >= 11 is 0. The number of hydrogen-bond donors (Lipinski definition) is 2. The maximum atomic E-state index is 14.0. The van der Waals surface area contributed by atoms with E-state index in [9.17, 15) is 9.50 Å². The van der Waals surface area contributed by atoms with Crippen molar-refractivity contribution >= 4 is 0 Å². The summed E-state index contributed by atoms with van der Waals surface area (Å²) in [6.45, 7) is 3.79. The van der Waals surface area contributed by atoms with Gasteiger partial charge in [-0.05, 0) is 31.5 Å². The molecule has 100 valence electrons. The van der Waals surface area contributed by atoms with Crippen LogP contribution in [-0.2, 0) is 5.67 Å². The molecule has 1 aliphatic heterocycles. The zero-order valence-corrected chi connectivity index (χ0v) is 10.6. The van der Waals surface area contributed by atoms with E-state index in [1.165, 1.54) is 13.8 Å². The van der Waals surface area contributed by atoms with E-state index < -0.39 is 11.8 Å². The maximum absolute atomic E-state index is 14.0. The second-order valence-corrected chi connectivity index (χ2v) is 4.81. The van der Waals surface area contributed by atoms with Crippen LogP contribution in [0.5, 0.6) is 11.5 Å². The van der Waals surface area contributed by atoms with Crippen LogP contribution in [0, 0.1) is 0 Å². The summed E-state index contributed by atoms with van der Waals surface area (Å²) in [7, 11) is 0. The standard InChI is InChI=1S/C13H18FNO3/c1-13(2,14)8-5-9(10(16)7-15)12-11(6-8)17-3-4-18-12/h5-6,10,16H,3-4,7,15H2,1-2H3. The minimum atomic E-state index is -1.51. The van der Waals surface area contributed by atoms with Gasteiger partial charge in [0.2, 0.25) is 0 Å². The molecule has 0 aromatic heterocycles. The van der Waals surface area contributed by atoms with Gasteiger partial charge >= 0.3 is 0 Å². The van der Waals surface area contributed by atoms with E-state index >= 15 is 0 Å². The van der Waals surface area contributed by atoms with Crippen LogP contribution in [-0.4, -0.2) is 24.9 Å². The smallest absolute Gasteiger partial charge is 0.167 e. The van der Waals surface area contributed by atoms with E-state index in [-0.39, 0.29) is 6.54 Å². The van der Waals surface area contributed by atoms with Crippen molar-refractivity contribution in [1.82, 2.24) is 0 Å². The van der Waals surface area contributed by atoms with Gasteiger partial charge in [-0.1, -0.05) is 0 Å².